The van der Waals surface area contributed by atoms with Gasteiger partial charge in [0.25, 0.3) is 0 Å². The summed E-state index contributed by atoms with van der Waals surface area (Å²) in [5.41, 5.74) is 2.67. The van der Waals surface area contributed by atoms with Gasteiger partial charge >= 0.3 is 0 Å². The van der Waals surface area contributed by atoms with Gasteiger partial charge in [-0.15, -0.1) is 0 Å². The zero-order valence-corrected chi connectivity index (χ0v) is 15.4. The van der Waals surface area contributed by atoms with E-state index in [1.807, 2.05) is 42.3 Å². The number of hydrogen-bond acceptors (Lipinski definition) is 4. The second kappa shape index (κ2) is 6.37. The van der Waals surface area contributed by atoms with Crippen molar-refractivity contribution in [3.8, 4) is 22.9 Å². The molecule has 0 amide bonds. The monoisotopic (exact) mass is 332 g/mol. The smallest absolute Gasteiger partial charge is 0.142 e. The van der Waals surface area contributed by atoms with Gasteiger partial charge in [-0.05, 0) is 24.3 Å². The Morgan fingerprint density at radius 1 is 0.667 bits per heavy atom. The van der Waals surface area contributed by atoms with Crippen molar-refractivity contribution in [2.24, 2.45) is 0 Å². The Morgan fingerprint density at radius 2 is 1.00 bits per heavy atom. The lowest BCUT2D eigenvalue weighted by molar-refractivity contribution is -0.884. The fourth-order valence-corrected chi connectivity index (χ4v) is 2.40. The average Bonchev–Trinajstić information content (AvgIpc) is 2.41. The molecule has 2 rings (SSSR count). The summed E-state index contributed by atoms with van der Waals surface area (Å²) in [6.45, 7) is 1.23. The van der Waals surface area contributed by atoms with Gasteiger partial charge in [0.2, 0.25) is 0 Å². The Morgan fingerprint density at radius 3 is 1.29 bits per heavy atom. The van der Waals surface area contributed by atoms with Crippen molar-refractivity contribution in [2.45, 2.75) is 13.1 Å². The number of aromatic hydroxyl groups is 2. The molecule has 0 aliphatic heterocycles. The Labute approximate surface area is 143 Å². The van der Waals surface area contributed by atoms with Crippen LogP contribution in [0.25, 0.3) is 11.4 Å². The molecule has 130 valence electrons. The fraction of sp³-hybridized carbons (Fsp3) is 0.444. The first-order valence-corrected chi connectivity index (χ1v) is 7.94. The lowest BCUT2D eigenvalue weighted by atomic mass is 10.2. The van der Waals surface area contributed by atoms with E-state index in [1.54, 1.807) is 24.3 Å². The van der Waals surface area contributed by atoms with Crippen LogP contribution in [0.4, 0.5) is 0 Å². The molecule has 2 heterocycles. The molecule has 6 heteroatoms. The van der Waals surface area contributed by atoms with E-state index in [0.717, 1.165) is 0 Å². The highest BCUT2D eigenvalue weighted by molar-refractivity contribution is 5.57. The Kier molecular flexibility index (Phi) is 4.82. The number of quaternary nitrogens is 2. The highest BCUT2D eigenvalue weighted by Gasteiger charge is 2.18. The molecular weight excluding hydrogens is 304 g/mol. The van der Waals surface area contributed by atoms with Gasteiger partial charge in [-0.3, -0.25) is 0 Å². The van der Waals surface area contributed by atoms with Gasteiger partial charge in [-0.2, -0.15) is 0 Å². The third-order valence-electron chi connectivity index (χ3n) is 3.41. The summed E-state index contributed by atoms with van der Waals surface area (Å²) in [5, 5.41) is 20.1. The maximum Gasteiger partial charge on any atom is 0.142 e. The summed E-state index contributed by atoms with van der Waals surface area (Å²) < 4.78 is 1.33. The minimum absolute atomic E-state index is 0.192. The van der Waals surface area contributed by atoms with Gasteiger partial charge in [0.15, 0.2) is 0 Å². The quantitative estimate of drug-likeness (QED) is 0.822. The van der Waals surface area contributed by atoms with Crippen molar-refractivity contribution in [3.05, 3.63) is 35.7 Å². The first-order valence-electron chi connectivity index (χ1n) is 7.94. The lowest BCUT2D eigenvalue weighted by Gasteiger charge is -2.24. The van der Waals surface area contributed by atoms with Gasteiger partial charge in [0, 0.05) is 0 Å². The van der Waals surface area contributed by atoms with Crippen molar-refractivity contribution >= 4 is 0 Å². The number of nitrogens with zero attached hydrogens (tertiary/aromatic N) is 4. The topological polar surface area (TPSA) is 66.2 Å². The summed E-state index contributed by atoms with van der Waals surface area (Å²) in [5.74, 6) is 0.384. The molecule has 0 unspecified atom stereocenters. The minimum atomic E-state index is 0.192. The molecule has 0 aliphatic rings. The summed E-state index contributed by atoms with van der Waals surface area (Å²) >= 11 is 0. The normalized spacial score (nSPS) is 12.4. The molecule has 0 saturated heterocycles. The van der Waals surface area contributed by atoms with E-state index in [0.29, 0.717) is 44.8 Å². The Bertz CT molecular complexity index is 667. The van der Waals surface area contributed by atoms with Crippen molar-refractivity contribution < 1.29 is 19.2 Å². The third kappa shape index (κ3) is 4.91. The van der Waals surface area contributed by atoms with Crippen LogP contribution in [0.15, 0.2) is 24.3 Å². The molecule has 0 bridgehead atoms. The molecule has 2 N–H and O–H groups in total. The Balaban J connectivity index is 2.42. The molecule has 2 aromatic heterocycles. The van der Waals surface area contributed by atoms with E-state index in [4.69, 9.17) is 0 Å². The van der Waals surface area contributed by atoms with E-state index in [1.165, 1.54) is 0 Å². The number of hydrogen-bond donors (Lipinski definition) is 2. The van der Waals surface area contributed by atoms with Gasteiger partial charge in [-0.1, -0.05) is 0 Å². The van der Waals surface area contributed by atoms with Crippen LogP contribution in [-0.2, 0) is 13.1 Å². The highest BCUT2D eigenvalue weighted by Crippen LogP contribution is 2.26. The van der Waals surface area contributed by atoms with Gasteiger partial charge in [0.1, 0.15) is 36.0 Å². The Hall–Kier alpha value is -2.18. The minimum Gasteiger partial charge on any atom is -0.506 e. The second-order valence-corrected chi connectivity index (χ2v) is 8.22. The zero-order valence-electron chi connectivity index (χ0n) is 15.4. The first-order chi connectivity index (χ1) is 10.9. The number of pyridine rings is 2. The molecular formula is C18H28N4O2+2. The van der Waals surface area contributed by atoms with E-state index >= 15 is 0 Å². The number of aromatic nitrogens is 2. The van der Waals surface area contributed by atoms with Crippen LogP contribution in [0.2, 0.25) is 0 Å². The van der Waals surface area contributed by atoms with E-state index in [-0.39, 0.29) is 11.5 Å². The van der Waals surface area contributed by atoms with Gasteiger partial charge < -0.3 is 19.2 Å². The van der Waals surface area contributed by atoms with Crippen molar-refractivity contribution in [1.82, 2.24) is 9.97 Å². The molecule has 24 heavy (non-hydrogen) atoms. The average molecular weight is 332 g/mol. The fourth-order valence-electron chi connectivity index (χ4n) is 2.40. The van der Waals surface area contributed by atoms with Gasteiger partial charge in [0.05, 0.1) is 53.7 Å². The van der Waals surface area contributed by atoms with E-state index < -0.39 is 0 Å². The van der Waals surface area contributed by atoms with E-state index in [2.05, 4.69) is 9.97 Å². The predicted molar refractivity (Wildman–Crippen MR) is 94.3 cm³/mol. The molecule has 2 aromatic rings. The molecule has 0 atom stereocenters. The van der Waals surface area contributed by atoms with E-state index in [9.17, 15) is 10.2 Å². The van der Waals surface area contributed by atoms with Gasteiger partial charge in [-0.25, -0.2) is 9.97 Å². The van der Waals surface area contributed by atoms with Crippen LogP contribution in [-0.4, -0.2) is 71.4 Å². The largest absolute Gasteiger partial charge is 0.506 e. The molecule has 0 aromatic carbocycles. The van der Waals surface area contributed by atoms with Crippen molar-refractivity contribution in [1.29, 1.82) is 0 Å². The third-order valence-corrected chi connectivity index (χ3v) is 3.41. The van der Waals surface area contributed by atoms with Crippen molar-refractivity contribution in [3.63, 3.8) is 0 Å². The second-order valence-electron chi connectivity index (χ2n) is 8.22. The summed E-state index contributed by atoms with van der Waals surface area (Å²) in [7, 11) is 12.3. The van der Waals surface area contributed by atoms with Crippen LogP contribution in [0.1, 0.15) is 11.4 Å². The lowest BCUT2D eigenvalue weighted by Crippen LogP contribution is -2.34. The molecule has 6 nitrogen and oxygen atoms in total. The van der Waals surface area contributed by atoms with Crippen LogP contribution in [0.5, 0.6) is 11.5 Å². The predicted octanol–water partition coefficient (Wildman–Crippen LogP) is 1.97. The SMILES string of the molecule is C[N+](C)(C)Cc1nc(-c2ccc(O)c(C[N+](C)(C)C)n2)ccc1O. The molecule has 0 spiro atoms. The summed E-state index contributed by atoms with van der Waals surface area (Å²) in [4.78, 5) is 9.16. The molecule has 0 fully saturated rings. The first kappa shape index (κ1) is 18.2. The highest BCUT2D eigenvalue weighted by atomic mass is 16.3. The standard InChI is InChI=1S/C18H26N4O2/c1-21(2,3)11-15-17(23)9-7-13(19-15)14-8-10-18(24)16(20-14)12-22(4,5)6/h7-10H,11-12H2,1-6H3/p+2. The summed E-state index contributed by atoms with van der Waals surface area (Å²) in [6, 6.07) is 6.82. The maximum absolute atomic E-state index is 10.1. The number of rotatable bonds is 5. The molecule has 0 radical (unpaired) electrons. The van der Waals surface area contributed by atoms with Crippen LogP contribution >= 0.6 is 0 Å². The van der Waals surface area contributed by atoms with Crippen LogP contribution in [0, 0.1) is 0 Å². The van der Waals surface area contributed by atoms with Crippen LogP contribution in [0.3, 0.4) is 0 Å². The molecule has 0 saturated carbocycles. The maximum atomic E-state index is 10.1. The van der Waals surface area contributed by atoms with Crippen molar-refractivity contribution in [2.75, 3.05) is 42.3 Å². The van der Waals surface area contributed by atoms with Crippen LogP contribution < -0.4 is 0 Å². The zero-order chi connectivity index (χ0) is 18.1. The molecule has 0 aliphatic carbocycles. The summed E-state index contributed by atoms with van der Waals surface area (Å²) in [6.07, 6.45) is 0.